The van der Waals surface area contributed by atoms with Crippen LogP contribution in [0.4, 0.5) is 25.4 Å². The molecule has 5 rings (SSSR count). The van der Waals surface area contributed by atoms with Gasteiger partial charge in [0.05, 0.1) is 31.3 Å². The molecule has 1 aliphatic rings. The molecular weight excluding hydrogens is 634 g/mol. The Morgan fingerprint density at radius 1 is 1.06 bits per heavy atom. The molecule has 0 saturated carbocycles. The Kier molecular flexibility index (Phi) is 10.8. The molecule has 1 saturated heterocycles. The van der Waals surface area contributed by atoms with Crippen molar-refractivity contribution in [2.45, 2.75) is 73.3 Å². The summed E-state index contributed by atoms with van der Waals surface area (Å²) in [6.07, 6.45) is 6.39. The van der Waals surface area contributed by atoms with Gasteiger partial charge in [0.1, 0.15) is 23.8 Å². The van der Waals surface area contributed by atoms with E-state index in [9.17, 15) is 13.6 Å². The lowest BCUT2D eigenvalue weighted by Crippen LogP contribution is -2.48. The Balaban J connectivity index is 1.21. The molecule has 0 spiro atoms. The van der Waals surface area contributed by atoms with Crippen LogP contribution in [0.1, 0.15) is 65.7 Å². The summed E-state index contributed by atoms with van der Waals surface area (Å²) in [5, 5.41) is 6.92. The van der Waals surface area contributed by atoms with E-state index in [1.807, 2.05) is 12.1 Å². The molecule has 1 fully saturated rings. The summed E-state index contributed by atoms with van der Waals surface area (Å²) in [7, 11) is 1.61. The van der Waals surface area contributed by atoms with Gasteiger partial charge in [0, 0.05) is 41.2 Å². The Morgan fingerprint density at radius 3 is 2.54 bits per heavy atom. The highest BCUT2D eigenvalue weighted by molar-refractivity contribution is 7.15. The molecule has 1 atom stereocenters. The molecule has 4 aromatic rings. The molecule has 2 aromatic heterocycles. The molecule has 2 N–H and O–H groups in total. The number of methoxy groups -OCH3 is 1. The lowest BCUT2D eigenvalue weighted by atomic mass is 9.63. The summed E-state index contributed by atoms with van der Waals surface area (Å²) in [6.45, 7) is 16.9. The number of anilines is 3. The number of amides is 1. The molecule has 0 radical (unpaired) electrons. The lowest BCUT2D eigenvalue weighted by Gasteiger charge is -2.47. The number of carbonyl (C=O) groups is 1. The van der Waals surface area contributed by atoms with Gasteiger partial charge >= 0.3 is 0 Å². The number of carbonyl (C=O) groups excluding carboxylic acids is 1. The Hall–Kier alpha value is -3.90. The van der Waals surface area contributed by atoms with Crippen LogP contribution in [0.3, 0.4) is 0 Å². The largest absolute Gasteiger partial charge is 0.493 e. The standard InChI is InChI=1S/C36H46F2N6O3S/c1-35(2,3)32(36(4,5)6)28-10-8-13-44(28)14-9-15-47-30-19-27-24(18-29(30)46-7)33(41-21-40-27)43-34-39-20-23(48-34)17-31(45)42-26-12-11-22(37)16-25(26)38/h11-12,16,18-21,28,32H,8-10,13-15,17H2,1-7H3,(H,42,45)(H,39,40,41,43)/t28-/m0/s1. The summed E-state index contributed by atoms with van der Waals surface area (Å²) >= 11 is 1.27. The predicted molar refractivity (Wildman–Crippen MR) is 187 cm³/mol. The average Bonchev–Trinajstić information content (AvgIpc) is 3.64. The van der Waals surface area contributed by atoms with Crippen molar-refractivity contribution < 1.29 is 23.0 Å². The highest BCUT2D eigenvalue weighted by Crippen LogP contribution is 2.46. The Bertz CT molecular complexity index is 1720. The summed E-state index contributed by atoms with van der Waals surface area (Å²) in [4.78, 5) is 29.0. The monoisotopic (exact) mass is 680 g/mol. The third-order valence-corrected chi connectivity index (χ3v) is 9.66. The summed E-state index contributed by atoms with van der Waals surface area (Å²) < 4.78 is 39.1. The van der Waals surface area contributed by atoms with E-state index in [4.69, 9.17) is 9.47 Å². The van der Waals surface area contributed by atoms with Crippen molar-refractivity contribution in [2.24, 2.45) is 16.7 Å². The van der Waals surface area contributed by atoms with Crippen LogP contribution >= 0.6 is 11.3 Å². The fourth-order valence-corrected chi connectivity index (χ4v) is 8.15. The van der Waals surface area contributed by atoms with Gasteiger partial charge in [0.25, 0.3) is 0 Å². The van der Waals surface area contributed by atoms with Gasteiger partial charge in [-0.25, -0.2) is 23.7 Å². The summed E-state index contributed by atoms with van der Waals surface area (Å²) in [6, 6.07) is 7.28. The second-order valence-corrected chi connectivity index (χ2v) is 15.6. The molecule has 0 bridgehead atoms. The molecule has 0 aliphatic carbocycles. The fourth-order valence-electron chi connectivity index (χ4n) is 7.34. The van der Waals surface area contributed by atoms with Crippen LogP contribution in [0.15, 0.2) is 42.9 Å². The molecule has 9 nitrogen and oxygen atoms in total. The quantitative estimate of drug-likeness (QED) is 0.144. The number of ether oxygens (including phenoxy) is 2. The van der Waals surface area contributed by atoms with E-state index in [0.717, 1.165) is 37.0 Å². The summed E-state index contributed by atoms with van der Waals surface area (Å²) in [5.41, 5.74) is 1.04. The number of nitrogens with zero attached hydrogens (tertiary/aromatic N) is 4. The normalized spacial score (nSPS) is 15.7. The van der Waals surface area contributed by atoms with Crippen LogP contribution in [0.5, 0.6) is 11.5 Å². The average molecular weight is 681 g/mol. The van der Waals surface area contributed by atoms with E-state index in [1.165, 1.54) is 36.6 Å². The Labute approximate surface area is 285 Å². The van der Waals surface area contributed by atoms with Gasteiger partial charge in [-0.1, -0.05) is 41.5 Å². The second-order valence-electron chi connectivity index (χ2n) is 14.5. The third kappa shape index (κ3) is 8.57. The number of likely N-dealkylation sites (tertiary alicyclic amines) is 1. The molecule has 258 valence electrons. The highest BCUT2D eigenvalue weighted by Gasteiger charge is 2.44. The number of benzene rings is 2. The van der Waals surface area contributed by atoms with Crippen molar-refractivity contribution in [1.29, 1.82) is 0 Å². The molecule has 2 aromatic carbocycles. The van der Waals surface area contributed by atoms with E-state index >= 15 is 0 Å². The number of hydrogen-bond donors (Lipinski definition) is 2. The zero-order chi connectivity index (χ0) is 34.6. The number of halogens is 2. The second kappa shape index (κ2) is 14.7. The zero-order valence-corrected chi connectivity index (χ0v) is 29.6. The van der Waals surface area contributed by atoms with Gasteiger partial charge in [-0.2, -0.15) is 0 Å². The molecule has 0 unspecified atom stereocenters. The van der Waals surface area contributed by atoms with Crippen molar-refractivity contribution in [2.75, 3.05) is 37.4 Å². The van der Waals surface area contributed by atoms with Crippen LogP contribution in [0.25, 0.3) is 10.9 Å². The van der Waals surface area contributed by atoms with Crippen molar-refractivity contribution in [3.8, 4) is 11.5 Å². The van der Waals surface area contributed by atoms with E-state index in [0.29, 0.717) is 51.4 Å². The highest BCUT2D eigenvalue weighted by atomic mass is 32.1. The van der Waals surface area contributed by atoms with Crippen LogP contribution < -0.4 is 20.1 Å². The van der Waals surface area contributed by atoms with Gasteiger partial charge in [-0.05, 0) is 60.8 Å². The first-order chi connectivity index (χ1) is 22.7. The van der Waals surface area contributed by atoms with E-state index in [2.05, 4.69) is 72.0 Å². The van der Waals surface area contributed by atoms with Gasteiger partial charge in [0.2, 0.25) is 5.91 Å². The van der Waals surface area contributed by atoms with E-state index in [1.54, 1.807) is 13.3 Å². The van der Waals surface area contributed by atoms with Gasteiger partial charge in [0.15, 0.2) is 16.6 Å². The van der Waals surface area contributed by atoms with E-state index < -0.39 is 17.5 Å². The fraction of sp³-hybridized carbons (Fsp3) is 0.500. The maximum atomic E-state index is 13.9. The van der Waals surface area contributed by atoms with Crippen LogP contribution in [0.2, 0.25) is 0 Å². The maximum Gasteiger partial charge on any atom is 0.229 e. The topological polar surface area (TPSA) is 102 Å². The number of hydrogen-bond acceptors (Lipinski definition) is 9. The molecule has 1 amide bonds. The van der Waals surface area contributed by atoms with Crippen molar-refractivity contribution in [1.82, 2.24) is 19.9 Å². The van der Waals surface area contributed by atoms with Gasteiger partial charge in [-0.15, -0.1) is 11.3 Å². The minimum absolute atomic E-state index is 0.0264. The molecule has 3 heterocycles. The number of nitrogens with one attached hydrogen (secondary N) is 2. The van der Waals surface area contributed by atoms with Crippen LogP contribution in [-0.4, -0.2) is 58.6 Å². The minimum atomic E-state index is -0.837. The SMILES string of the molecule is COc1cc2c(Nc3ncc(CC(=O)Nc4ccc(F)cc4F)s3)ncnc2cc1OCCCN1CCC[C@H]1C(C(C)(C)C)C(C)(C)C. The van der Waals surface area contributed by atoms with Gasteiger partial charge < -0.3 is 20.1 Å². The van der Waals surface area contributed by atoms with Crippen LogP contribution in [-0.2, 0) is 11.2 Å². The first-order valence-electron chi connectivity index (χ1n) is 16.4. The zero-order valence-electron chi connectivity index (χ0n) is 28.8. The molecule has 48 heavy (non-hydrogen) atoms. The number of rotatable bonds is 12. The number of thiazole rings is 1. The molecule has 1 aliphatic heterocycles. The van der Waals surface area contributed by atoms with Crippen molar-refractivity contribution in [3.05, 3.63) is 59.4 Å². The first-order valence-corrected chi connectivity index (χ1v) is 17.2. The Morgan fingerprint density at radius 2 is 1.83 bits per heavy atom. The minimum Gasteiger partial charge on any atom is -0.493 e. The van der Waals surface area contributed by atoms with Crippen molar-refractivity contribution in [3.63, 3.8) is 0 Å². The number of fused-ring (bicyclic) bond motifs is 1. The van der Waals surface area contributed by atoms with Gasteiger partial charge in [-0.3, -0.25) is 9.69 Å². The smallest absolute Gasteiger partial charge is 0.229 e. The maximum absolute atomic E-state index is 13.9. The predicted octanol–water partition coefficient (Wildman–Crippen LogP) is 8.24. The van der Waals surface area contributed by atoms with Crippen LogP contribution in [0, 0.1) is 28.4 Å². The first kappa shape index (κ1) is 35.4. The third-order valence-electron chi connectivity index (χ3n) is 8.75. The van der Waals surface area contributed by atoms with Crippen molar-refractivity contribution >= 4 is 44.8 Å². The molecular formula is C36H46F2N6O3S. The summed E-state index contributed by atoms with van der Waals surface area (Å²) in [5.74, 6) is 0.311. The molecule has 12 heteroatoms. The number of aromatic nitrogens is 3. The lowest BCUT2D eigenvalue weighted by molar-refractivity contribution is -0.115. The van der Waals surface area contributed by atoms with E-state index in [-0.39, 0.29) is 22.9 Å².